The summed E-state index contributed by atoms with van der Waals surface area (Å²) in [5.41, 5.74) is 2.71. The minimum atomic E-state index is -0.434. The first-order valence-electron chi connectivity index (χ1n) is 6.45. The van der Waals surface area contributed by atoms with Crippen molar-refractivity contribution in [2.24, 2.45) is 0 Å². The molecule has 0 atom stereocenters. The molecule has 0 radical (unpaired) electrons. The van der Waals surface area contributed by atoms with E-state index < -0.39 is 5.82 Å². The first-order chi connectivity index (χ1) is 9.94. The molecule has 0 spiro atoms. The fraction of sp³-hybridized carbons (Fsp3) is 0.267. The maximum absolute atomic E-state index is 13.6. The van der Waals surface area contributed by atoms with E-state index in [4.69, 9.17) is 0 Å². The van der Waals surface area contributed by atoms with Crippen molar-refractivity contribution in [2.75, 3.05) is 11.1 Å². The van der Waals surface area contributed by atoms with Crippen LogP contribution in [0.2, 0.25) is 0 Å². The lowest BCUT2D eigenvalue weighted by atomic mass is 10.2. The van der Waals surface area contributed by atoms with Crippen LogP contribution in [-0.4, -0.2) is 21.6 Å². The first kappa shape index (κ1) is 15.4. The van der Waals surface area contributed by atoms with Crippen molar-refractivity contribution < 1.29 is 9.18 Å². The summed E-state index contributed by atoms with van der Waals surface area (Å²) in [6.45, 7) is 5.54. The first-order valence-corrected chi connectivity index (χ1v) is 7.43. The van der Waals surface area contributed by atoms with Crippen LogP contribution >= 0.6 is 11.8 Å². The highest BCUT2D eigenvalue weighted by atomic mass is 32.2. The van der Waals surface area contributed by atoms with Crippen molar-refractivity contribution >= 4 is 23.4 Å². The Kier molecular flexibility index (Phi) is 4.90. The van der Waals surface area contributed by atoms with Gasteiger partial charge in [0.25, 0.3) is 0 Å². The number of thioether (sulfide) groups is 1. The van der Waals surface area contributed by atoms with Gasteiger partial charge in [0.05, 0.1) is 11.4 Å². The number of halogens is 1. The minimum absolute atomic E-state index is 0.135. The third-order valence-electron chi connectivity index (χ3n) is 2.69. The highest BCUT2D eigenvalue weighted by Crippen LogP contribution is 2.17. The lowest BCUT2D eigenvalue weighted by molar-refractivity contribution is -0.113. The molecule has 2 aromatic rings. The standard InChI is InChI=1S/C15H16FN3OS/c1-9-4-5-13(12(16)6-9)19-14(20)8-21-15-17-10(2)7-11(3)18-15/h4-7H,8H2,1-3H3,(H,19,20). The third-order valence-corrected chi connectivity index (χ3v) is 3.54. The number of nitrogens with one attached hydrogen (secondary N) is 1. The van der Waals surface area contributed by atoms with E-state index in [9.17, 15) is 9.18 Å². The van der Waals surface area contributed by atoms with E-state index in [2.05, 4.69) is 15.3 Å². The number of hydrogen-bond acceptors (Lipinski definition) is 4. The van der Waals surface area contributed by atoms with Gasteiger partial charge < -0.3 is 5.32 Å². The number of rotatable bonds is 4. The molecule has 1 amide bonds. The molecule has 0 aliphatic rings. The number of carbonyl (C=O) groups is 1. The molecule has 6 heteroatoms. The summed E-state index contributed by atoms with van der Waals surface area (Å²) in [4.78, 5) is 20.3. The number of nitrogens with zero attached hydrogens (tertiary/aromatic N) is 2. The zero-order valence-corrected chi connectivity index (χ0v) is 12.9. The van der Waals surface area contributed by atoms with Crippen LogP contribution in [0.4, 0.5) is 10.1 Å². The maximum Gasteiger partial charge on any atom is 0.234 e. The number of amides is 1. The van der Waals surface area contributed by atoms with Crippen LogP contribution in [-0.2, 0) is 4.79 Å². The average molecular weight is 305 g/mol. The smallest absolute Gasteiger partial charge is 0.234 e. The van der Waals surface area contributed by atoms with Crippen LogP contribution in [0.25, 0.3) is 0 Å². The lowest BCUT2D eigenvalue weighted by Gasteiger charge is -2.07. The molecule has 0 aliphatic carbocycles. The summed E-state index contributed by atoms with van der Waals surface area (Å²) < 4.78 is 13.6. The molecule has 4 nitrogen and oxygen atoms in total. The molecule has 0 bridgehead atoms. The predicted octanol–water partition coefficient (Wildman–Crippen LogP) is 3.27. The van der Waals surface area contributed by atoms with Gasteiger partial charge in [-0.25, -0.2) is 14.4 Å². The van der Waals surface area contributed by atoms with Crippen LogP contribution in [0.3, 0.4) is 0 Å². The number of carbonyl (C=O) groups excluding carboxylic acids is 1. The van der Waals surface area contributed by atoms with Gasteiger partial charge in [0.1, 0.15) is 5.82 Å². The normalized spacial score (nSPS) is 10.5. The molecule has 0 unspecified atom stereocenters. The van der Waals surface area contributed by atoms with Crippen LogP contribution < -0.4 is 5.32 Å². The highest BCUT2D eigenvalue weighted by molar-refractivity contribution is 7.99. The van der Waals surface area contributed by atoms with Crippen LogP contribution in [0, 0.1) is 26.6 Å². The average Bonchev–Trinajstić information content (AvgIpc) is 2.39. The van der Waals surface area contributed by atoms with E-state index in [1.54, 1.807) is 19.1 Å². The van der Waals surface area contributed by atoms with Crippen molar-refractivity contribution in [1.29, 1.82) is 0 Å². The van der Waals surface area contributed by atoms with Gasteiger partial charge in [-0.1, -0.05) is 17.8 Å². The van der Waals surface area contributed by atoms with Crippen molar-refractivity contribution in [3.05, 3.63) is 47.0 Å². The second-order valence-electron chi connectivity index (χ2n) is 4.75. The topological polar surface area (TPSA) is 54.9 Å². The molecular weight excluding hydrogens is 289 g/mol. The third kappa shape index (κ3) is 4.53. The fourth-order valence-corrected chi connectivity index (χ4v) is 2.55. The molecule has 1 heterocycles. The Bertz CT molecular complexity index is 656. The van der Waals surface area contributed by atoms with Crippen molar-refractivity contribution in [3.8, 4) is 0 Å². The van der Waals surface area contributed by atoms with Crippen LogP contribution in [0.5, 0.6) is 0 Å². The summed E-state index contributed by atoms with van der Waals surface area (Å²) in [6, 6.07) is 6.56. The Hall–Kier alpha value is -1.95. The Labute approximate surface area is 127 Å². The second kappa shape index (κ2) is 6.67. The molecule has 2 rings (SSSR count). The summed E-state index contributed by atoms with van der Waals surface area (Å²) >= 11 is 1.23. The van der Waals surface area contributed by atoms with Gasteiger partial charge in [-0.3, -0.25) is 4.79 Å². The molecule has 110 valence electrons. The molecule has 0 saturated heterocycles. The number of anilines is 1. The number of benzene rings is 1. The van der Waals surface area contributed by atoms with Gasteiger partial charge in [0.15, 0.2) is 5.16 Å². The maximum atomic E-state index is 13.6. The van der Waals surface area contributed by atoms with Crippen LogP contribution in [0.1, 0.15) is 17.0 Å². The quantitative estimate of drug-likeness (QED) is 0.696. The highest BCUT2D eigenvalue weighted by Gasteiger charge is 2.09. The zero-order chi connectivity index (χ0) is 15.4. The van der Waals surface area contributed by atoms with Gasteiger partial charge in [-0.15, -0.1) is 0 Å². The van der Waals surface area contributed by atoms with E-state index in [1.807, 2.05) is 19.9 Å². The molecule has 0 aliphatic heterocycles. The lowest BCUT2D eigenvalue weighted by Crippen LogP contribution is -2.15. The Morgan fingerprint density at radius 2 is 1.86 bits per heavy atom. The van der Waals surface area contributed by atoms with E-state index in [0.29, 0.717) is 5.16 Å². The molecule has 0 saturated carbocycles. The van der Waals surface area contributed by atoms with E-state index >= 15 is 0 Å². The molecule has 21 heavy (non-hydrogen) atoms. The summed E-state index contributed by atoms with van der Waals surface area (Å²) in [6.07, 6.45) is 0. The molecule has 1 N–H and O–H groups in total. The van der Waals surface area contributed by atoms with Gasteiger partial charge in [-0.2, -0.15) is 0 Å². The van der Waals surface area contributed by atoms with Gasteiger partial charge in [-0.05, 0) is 44.5 Å². The molecular formula is C15H16FN3OS. The van der Waals surface area contributed by atoms with Crippen LogP contribution in [0.15, 0.2) is 29.4 Å². The van der Waals surface area contributed by atoms with Gasteiger partial charge >= 0.3 is 0 Å². The Morgan fingerprint density at radius 3 is 2.48 bits per heavy atom. The van der Waals surface area contributed by atoms with Gasteiger partial charge in [0, 0.05) is 11.4 Å². The Morgan fingerprint density at radius 1 is 1.19 bits per heavy atom. The van der Waals surface area contributed by atoms with E-state index in [0.717, 1.165) is 17.0 Å². The molecule has 0 fully saturated rings. The summed E-state index contributed by atoms with van der Waals surface area (Å²) in [5, 5.41) is 3.09. The monoisotopic (exact) mass is 305 g/mol. The number of hydrogen-bond donors (Lipinski definition) is 1. The largest absolute Gasteiger partial charge is 0.323 e. The second-order valence-corrected chi connectivity index (χ2v) is 5.70. The van der Waals surface area contributed by atoms with E-state index in [1.165, 1.54) is 17.8 Å². The van der Waals surface area contributed by atoms with E-state index in [-0.39, 0.29) is 17.3 Å². The molecule has 1 aromatic carbocycles. The fourth-order valence-electron chi connectivity index (χ4n) is 1.80. The Balaban J connectivity index is 1.95. The number of aryl methyl sites for hydroxylation is 3. The minimum Gasteiger partial charge on any atom is -0.323 e. The van der Waals surface area contributed by atoms with Gasteiger partial charge in [0.2, 0.25) is 5.91 Å². The number of aromatic nitrogens is 2. The summed E-state index contributed by atoms with van der Waals surface area (Å²) in [7, 11) is 0. The predicted molar refractivity (Wildman–Crippen MR) is 82.0 cm³/mol. The summed E-state index contributed by atoms with van der Waals surface area (Å²) in [5.74, 6) is -0.586. The molecule has 1 aromatic heterocycles. The van der Waals surface area contributed by atoms with Crippen molar-refractivity contribution in [1.82, 2.24) is 9.97 Å². The van der Waals surface area contributed by atoms with Crippen molar-refractivity contribution in [3.63, 3.8) is 0 Å². The van der Waals surface area contributed by atoms with Crippen molar-refractivity contribution in [2.45, 2.75) is 25.9 Å². The zero-order valence-electron chi connectivity index (χ0n) is 12.1. The SMILES string of the molecule is Cc1ccc(NC(=O)CSc2nc(C)cc(C)n2)c(F)c1.